The fraction of sp³-hybridized carbons (Fsp3) is 0.308. The van der Waals surface area contributed by atoms with E-state index in [0.717, 1.165) is 47.6 Å². The van der Waals surface area contributed by atoms with E-state index in [1.165, 1.54) is 0 Å². The zero-order chi connectivity index (χ0) is 22.7. The molecule has 166 valence electrons. The molecule has 2 fully saturated rings. The molecule has 0 radical (unpaired) electrons. The van der Waals surface area contributed by atoms with E-state index in [2.05, 4.69) is 13.2 Å². The summed E-state index contributed by atoms with van der Waals surface area (Å²) < 4.78 is 5.62. The van der Waals surface area contributed by atoms with Gasteiger partial charge in [-0.1, -0.05) is 43.5 Å². The number of piperidine rings is 1. The lowest BCUT2D eigenvalue weighted by molar-refractivity contribution is -0.119. The molecule has 6 heteroatoms. The molecule has 4 rings (SSSR count). The Kier molecular flexibility index (Phi) is 6.30. The van der Waals surface area contributed by atoms with Crippen molar-refractivity contribution in [2.24, 2.45) is 0 Å². The average Bonchev–Trinajstić information content (AvgIpc) is 3.18. The summed E-state index contributed by atoms with van der Waals surface area (Å²) in [6.45, 7) is 9.84. The Morgan fingerprint density at radius 1 is 1.09 bits per heavy atom. The minimum absolute atomic E-state index is 0.158. The van der Waals surface area contributed by atoms with Crippen molar-refractivity contribution in [2.75, 3.05) is 36.5 Å². The van der Waals surface area contributed by atoms with E-state index in [0.29, 0.717) is 19.5 Å². The minimum atomic E-state index is -0.359. The van der Waals surface area contributed by atoms with Crippen molar-refractivity contribution < 1.29 is 14.3 Å². The van der Waals surface area contributed by atoms with Gasteiger partial charge in [0.2, 0.25) is 5.91 Å². The number of carbonyl (C=O) groups excluding carboxylic acids is 2. The van der Waals surface area contributed by atoms with Gasteiger partial charge in [0.25, 0.3) is 0 Å². The first kappa shape index (κ1) is 21.7. The highest BCUT2D eigenvalue weighted by Gasteiger charge is 2.33. The van der Waals surface area contributed by atoms with Crippen LogP contribution >= 0.6 is 0 Å². The van der Waals surface area contributed by atoms with Gasteiger partial charge in [-0.25, -0.2) is 4.79 Å². The van der Waals surface area contributed by atoms with Crippen LogP contribution in [0.25, 0.3) is 11.8 Å². The van der Waals surface area contributed by atoms with Gasteiger partial charge in [0.15, 0.2) is 0 Å². The number of rotatable bonds is 7. The number of likely N-dealkylation sites (N-methyl/N-ethyl adjacent to an activating group) is 1. The van der Waals surface area contributed by atoms with Gasteiger partial charge in [0.1, 0.15) is 6.10 Å². The first-order valence-electron chi connectivity index (χ1n) is 11.0. The topological polar surface area (TPSA) is 53.1 Å². The van der Waals surface area contributed by atoms with Crippen LogP contribution in [0.1, 0.15) is 30.4 Å². The monoisotopic (exact) mass is 431 g/mol. The van der Waals surface area contributed by atoms with Crippen LogP contribution in [0.5, 0.6) is 0 Å². The van der Waals surface area contributed by atoms with E-state index in [1.807, 2.05) is 71.5 Å². The summed E-state index contributed by atoms with van der Waals surface area (Å²) in [5.74, 6) is 0.158. The molecule has 0 aromatic heterocycles. The summed E-state index contributed by atoms with van der Waals surface area (Å²) in [6, 6.07) is 15.5. The number of ether oxygens (including phenoxy) is 1. The number of carbonyl (C=O) groups is 2. The van der Waals surface area contributed by atoms with Crippen LogP contribution in [0, 0.1) is 0 Å². The highest BCUT2D eigenvalue weighted by Crippen LogP contribution is 2.28. The van der Waals surface area contributed by atoms with Crippen LogP contribution in [0.3, 0.4) is 0 Å². The predicted octanol–water partition coefficient (Wildman–Crippen LogP) is 4.77. The molecule has 0 bridgehead atoms. The first-order valence-corrected chi connectivity index (χ1v) is 11.0. The summed E-state index contributed by atoms with van der Waals surface area (Å²) in [5, 5.41) is 0. The van der Waals surface area contributed by atoms with Crippen molar-refractivity contribution in [1.82, 2.24) is 4.90 Å². The molecule has 2 saturated heterocycles. The van der Waals surface area contributed by atoms with Crippen molar-refractivity contribution in [3.63, 3.8) is 0 Å². The van der Waals surface area contributed by atoms with E-state index >= 15 is 0 Å². The summed E-state index contributed by atoms with van der Waals surface area (Å²) >= 11 is 0. The Balaban J connectivity index is 1.40. The maximum atomic E-state index is 12.5. The van der Waals surface area contributed by atoms with Gasteiger partial charge in [-0.05, 0) is 42.7 Å². The third-order valence-electron chi connectivity index (χ3n) is 6.10. The standard InChI is InChI=1S/C26H29N3O3/c1-4-20-9-5-6-10-24(20)19(2)27(3)17-23-18-29(26(31)32-23)22-14-12-21(13-15-22)28-16-8-7-11-25(28)30/h4-6,9-10,12-15,23H,1-2,7-8,11,16-18H2,3H3. The van der Waals surface area contributed by atoms with Crippen LogP contribution in [0.2, 0.25) is 0 Å². The Labute approximate surface area is 189 Å². The zero-order valence-corrected chi connectivity index (χ0v) is 18.5. The van der Waals surface area contributed by atoms with Crippen LogP contribution < -0.4 is 9.80 Å². The number of nitrogens with zero attached hydrogens (tertiary/aromatic N) is 3. The maximum absolute atomic E-state index is 12.5. The molecule has 0 saturated carbocycles. The van der Waals surface area contributed by atoms with Gasteiger partial charge in [0.05, 0.1) is 13.1 Å². The second-order valence-corrected chi connectivity index (χ2v) is 8.25. The first-order chi connectivity index (χ1) is 15.5. The smallest absolute Gasteiger partial charge is 0.414 e. The molecule has 1 unspecified atom stereocenters. The fourth-order valence-corrected chi connectivity index (χ4v) is 4.28. The van der Waals surface area contributed by atoms with E-state index in [9.17, 15) is 9.59 Å². The molecular formula is C26H29N3O3. The molecule has 1 atom stereocenters. The van der Waals surface area contributed by atoms with Crippen molar-refractivity contribution in [2.45, 2.75) is 25.4 Å². The SMILES string of the molecule is C=Cc1ccccc1C(=C)N(C)CC1CN(c2ccc(N3CCCCC3=O)cc2)C(=O)O1. The lowest BCUT2D eigenvalue weighted by atomic mass is 10.0. The van der Waals surface area contributed by atoms with Crippen LogP contribution in [-0.2, 0) is 9.53 Å². The Morgan fingerprint density at radius 3 is 2.47 bits per heavy atom. The molecule has 32 heavy (non-hydrogen) atoms. The zero-order valence-electron chi connectivity index (χ0n) is 18.5. The summed E-state index contributed by atoms with van der Waals surface area (Å²) in [6.07, 6.45) is 3.74. The Morgan fingerprint density at radius 2 is 1.78 bits per heavy atom. The van der Waals surface area contributed by atoms with Gasteiger partial charge in [-0.3, -0.25) is 9.69 Å². The van der Waals surface area contributed by atoms with Crippen LogP contribution in [-0.4, -0.2) is 49.7 Å². The number of amides is 2. The molecule has 0 spiro atoms. The van der Waals surface area contributed by atoms with Crippen LogP contribution in [0.15, 0.2) is 61.7 Å². The number of cyclic esters (lactones) is 1. The number of hydrogen-bond acceptors (Lipinski definition) is 4. The molecule has 6 nitrogen and oxygen atoms in total. The normalized spacial score (nSPS) is 18.5. The third kappa shape index (κ3) is 4.40. The molecule has 2 aliphatic rings. The van der Waals surface area contributed by atoms with E-state index in [-0.39, 0.29) is 18.1 Å². The van der Waals surface area contributed by atoms with Gasteiger partial charge in [0, 0.05) is 42.6 Å². The Hall–Kier alpha value is -3.54. The van der Waals surface area contributed by atoms with Crippen LogP contribution in [0.4, 0.5) is 16.2 Å². The van der Waals surface area contributed by atoms with Crippen molar-refractivity contribution in [3.05, 3.63) is 72.8 Å². The summed E-state index contributed by atoms with van der Waals surface area (Å²) in [4.78, 5) is 30.2. The van der Waals surface area contributed by atoms with Crippen molar-refractivity contribution >= 4 is 35.1 Å². The van der Waals surface area contributed by atoms with Crippen molar-refractivity contribution in [3.8, 4) is 0 Å². The molecule has 2 heterocycles. The van der Waals surface area contributed by atoms with Crippen molar-refractivity contribution in [1.29, 1.82) is 0 Å². The minimum Gasteiger partial charge on any atom is -0.442 e. The summed E-state index contributed by atoms with van der Waals surface area (Å²) in [5.41, 5.74) is 4.52. The predicted molar refractivity (Wildman–Crippen MR) is 128 cm³/mol. The highest BCUT2D eigenvalue weighted by atomic mass is 16.6. The number of hydrogen-bond donors (Lipinski definition) is 0. The molecule has 2 amide bonds. The molecular weight excluding hydrogens is 402 g/mol. The van der Waals surface area contributed by atoms with Gasteiger partial charge < -0.3 is 14.5 Å². The van der Waals surface area contributed by atoms with E-state index in [4.69, 9.17) is 4.74 Å². The quantitative estimate of drug-likeness (QED) is 0.633. The van der Waals surface area contributed by atoms with Gasteiger partial charge >= 0.3 is 6.09 Å². The van der Waals surface area contributed by atoms with Gasteiger partial charge in [-0.15, -0.1) is 0 Å². The van der Waals surface area contributed by atoms with E-state index in [1.54, 1.807) is 4.90 Å². The second kappa shape index (κ2) is 9.30. The lowest BCUT2D eigenvalue weighted by Gasteiger charge is -2.27. The highest BCUT2D eigenvalue weighted by molar-refractivity contribution is 5.95. The van der Waals surface area contributed by atoms with Gasteiger partial charge in [-0.2, -0.15) is 0 Å². The molecule has 0 N–H and O–H groups in total. The second-order valence-electron chi connectivity index (χ2n) is 8.25. The third-order valence-corrected chi connectivity index (χ3v) is 6.10. The largest absolute Gasteiger partial charge is 0.442 e. The molecule has 2 aromatic carbocycles. The molecule has 0 aliphatic carbocycles. The number of anilines is 2. The lowest BCUT2D eigenvalue weighted by Crippen LogP contribution is -2.35. The maximum Gasteiger partial charge on any atom is 0.414 e. The summed E-state index contributed by atoms with van der Waals surface area (Å²) in [7, 11) is 1.95. The van der Waals surface area contributed by atoms with E-state index < -0.39 is 0 Å². The molecule has 2 aliphatic heterocycles. The fourth-order valence-electron chi connectivity index (χ4n) is 4.28. The Bertz CT molecular complexity index is 1030. The molecule has 2 aromatic rings. The number of benzene rings is 2. The average molecular weight is 432 g/mol.